The number of hydrogen-bond acceptors (Lipinski definition) is 3. The third kappa shape index (κ3) is 2.35. The van der Waals surface area contributed by atoms with Gasteiger partial charge in [-0.2, -0.15) is 0 Å². The predicted molar refractivity (Wildman–Crippen MR) is 67.2 cm³/mol. The van der Waals surface area contributed by atoms with Gasteiger partial charge < -0.3 is 15.4 Å². The number of carbonyl (C=O) groups excluding carboxylic acids is 1. The number of carbonyl (C=O) groups is 1. The van der Waals surface area contributed by atoms with E-state index in [1.807, 2.05) is 11.8 Å². The number of ether oxygens (including phenoxy) is 1. The van der Waals surface area contributed by atoms with Crippen LogP contribution >= 0.6 is 0 Å². The van der Waals surface area contributed by atoms with E-state index in [9.17, 15) is 4.79 Å². The van der Waals surface area contributed by atoms with Crippen molar-refractivity contribution in [1.29, 1.82) is 0 Å². The summed E-state index contributed by atoms with van der Waals surface area (Å²) in [5.74, 6) is 0.546. The van der Waals surface area contributed by atoms with Crippen molar-refractivity contribution in [3.63, 3.8) is 0 Å². The van der Waals surface area contributed by atoms with Crippen LogP contribution in [0.2, 0.25) is 0 Å². The zero-order valence-corrected chi connectivity index (χ0v) is 10.1. The molecule has 4 nitrogen and oxygen atoms in total. The fraction of sp³-hybridized carbons (Fsp3) is 0.462. The molecule has 1 saturated heterocycles. The molecule has 2 rings (SSSR count). The Morgan fingerprint density at radius 2 is 2.12 bits per heavy atom. The first-order chi connectivity index (χ1) is 8.24. The molecule has 1 aliphatic rings. The maximum atomic E-state index is 12.3. The molecule has 1 fully saturated rings. The quantitative estimate of drug-likeness (QED) is 0.813. The van der Waals surface area contributed by atoms with Crippen LogP contribution in [0.3, 0.4) is 0 Å². The highest BCUT2D eigenvalue weighted by molar-refractivity contribution is 5.98. The molecule has 0 saturated carbocycles. The Balaban J connectivity index is 2.30. The normalized spacial score (nSPS) is 15.0. The second-order valence-electron chi connectivity index (χ2n) is 4.16. The summed E-state index contributed by atoms with van der Waals surface area (Å²) in [5.41, 5.74) is 6.95. The van der Waals surface area contributed by atoms with Gasteiger partial charge >= 0.3 is 0 Å². The van der Waals surface area contributed by atoms with E-state index in [0.717, 1.165) is 25.9 Å². The standard InChI is InChI=1S/C13H18N2O2/c1-2-17-12-10(6-5-7-11(12)14)13(16)15-8-3-4-9-15/h5-7H,2-4,8-9,14H2,1H3. The molecule has 1 amide bonds. The second-order valence-corrected chi connectivity index (χ2v) is 4.16. The summed E-state index contributed by atoms with van der Waals surface area (Å²) in [6.07, 6.45) is 2.16. The summed E-state index contributed by atoms with van der Waals surface area (Å²) in [5, 5.41) is 0. The Kier molecular flexibility index (Phi) is 3.52. The lowest BCUT2D eigenvalue weighted by molar-refractivity contribution is 0.0789. The number of para-hydroxylation sites is 1. The second kappa shape index (κ2) is 5.08. The minimum Gasteiger partial charge on any atom is -0.491 e. The van der Waals surface area contributed by atoms with Crippen LogP contribution in [0.5, 0.6) is 5.75 Å². The van der Waals surface area contributed by atoms with Crippen molar-refractivity contribution in [2.24, 2.45) is 0 Å². The number of nitrogens with zero attached hydrogens (tertiary/aromatic N) is 1. The minimum absolute atomic E-state index is 0.0262. The molecule has 0 bridgehead atoms. The van der Waals surface area contributed by atoms with Gasteiger partial charge in [0.1, 0.15) is 0 Å². The van der Waals surface area contributed by atoms with Crippen LogP contribution in [0, 0.1) is 0 Å². The molecule has 1 aliphatic heterocycles. The van der Waals surface area contributed by atoms with Crippen LogP contribution in [0.1, 0.15) is 30.1 Å². The smallest absolute Gasteiger partial charge is 0.257 e. The largest absolute Gasteiger partial charge is 0.491 e. The van der Waals surface area contributed by atoms with Gasteiger partial charge in [0.15, 0.2) is 5.75 Å². The van der Waals surface area contributed by atoms with Crippen LogP contribution in [-0.2, 0) is 0 Å². The number of amides is 1. The highest BCUT2D eigenvalue weighted by atomic mass is 16.5. The molecule has 0 aliphatic carbocycles. The molecule has 92 valence electrons. The summed E-state index contributed by atoms with van der Waals surface area (Å²) in [6.45, 7) is 4.06. The number of rotatable bonds is 3. The number of benzene rings is 1. The van der Waals surface area contributed by atoms with E-state index in [0.29, 0.717) is 23.6 Å². The third-order valence-electron chi connectivity index (χ3n) is 2.96. The molecular formula is C13H18N2O2. The van der Waals surface area contributed by atoms with Gasteiger partial charge in [-0.1, -0.05) is 6.07 Å². The van der Waals surface area contributed by atoms with Crippen LogP contribution in [0.4, 0.5) is 5.69 Å². The Morgan fingerprint density at radius 1 is 1.41 bits per heavy atom. The first-order valence-corrected chi connectivity index (χ1v) is 6.04. The Morgan fingerprint density at radius 3 is 2.76 bits per heavy atom. The fourth-order valence-electron chi connectivity index (χ4n) is 2.12. The van der Waals surface area contributed by atoms with Gasteiger partial charge in [0.25, 0.3) is 5.91 Å². The van der Waals surface area contributed by atoms with Crippen molar-refractivity contribution in [3.8, 4) is 5.75 Å². The molecule has 0 spiro atoms. The van der Waals surface area contributed by atoms with Crippen LogP contribution in [-0.4, -0.2) is 30.5 Å². The van der Waals surface area contributed by atoms with E-state index in [1.165, 1.54) is 0 Å². The summed E-state index contributed by atoms with van der Waals surface area (Å²) >= 11 is 0. The van der Waals surface area contributed by atoms with Gasteiger partial charge in [-0.15, -0.1) is 0 Å². The van der Waals surface area contributed by atoms with Gasteiger partial charge in [-0.25, -0.2) is 0 Å². The molecule has 2 N–H and O–H groups in total. The summed E-state index contributed by atoms with van der Waals surface area (Å²) < 4.78 is 5.48. The van der Waals surface area contributed by atoms with Gasteiger partial charge in [-0.3, -0.25) is 4.79 Å². The number of likely N-dealkylation sites (tertiary alicyclic amines) is 1. The van der Waals surface area contributed by atoms with Crippen molar-refractivity contribution in [2.45, 2.75) is 19.8 Å². The average molecular weight is 234 g/mol. The number of hydrogen-bond donors (Lipinski definition) is 1. The lowest BCUT2D eigenvalue weighted by Crippen LogP contribution is -2.28. The maximum absolute atomic E-state index is 12.3. The lowest BCUT2D eigenvalue weighted by atomic mass is 10.1. The topological polar surface area (TPSA) is 55.6 Å². The number of nitrogen functional groups attached to an aromatic ring is 1. The number of anilines is 1. The molecular weight excluding hydrogens is 216 g/mol. The van der Waals surface area contributed by atoms with Crippen molar-refractivity contribution in [1.82, 2.24) is 4.90 Å². The lowest BCUT2D eigenvalue weighted by Gasteiger charge is -2.18. The predicted octanol–water partition coefficient (Wildman–Crippen LogP) is 1.90. The van der Waals surface area contributed by atoms with Crippen LogP contribution < -0.4 is 10.5 Å². The van der Waals surface area contributed by atoms with Crippen molar-refractivity contribution in [3.05, 3.63) is 23.8 Å². The number of nitrogens with two attached hydrogens (primary N) is 1. The highest BCUT2D eigenvalue weighted by Crippen LogP contribution is 2.28. The SMILES string of the molecule is CCOc1c(N)cccc1C(=O)N1CCCC1. The Hall–Kier alpha value is -1.71. The fourth-order valence-corrected chi connectivity index (χ4v) is 2.12. The molecule has 1 aromatic carbocycles. The average Bonchev–Trinajstić information content (AvgIpc) is 2.85. The zero-order chi connectivity index (χ0) is 12.3. The maximum Gasteiger partial charge on any atom is 0.257 e. The van der Waals surface area contributed by atoms with E-state index in [2.05, 4.69) is 0 Å². The van der Waals surface area contributed by atoms with Crippen molar-refractivity contribution in [2.75, 3.05) is 25.4 Å². The van der Waals surface area contributed by atoms with Gasteiger partial charge in [0.05, 0.1) is 17.9 Å². The minimum atomic E-state index is 0.0262. The first-order valence-electron chi connectivity index (χ1n) is 6.04. The molecule has 0 radical (unpaired) electrons. The molecule has 17 heavy (non-hydrogen) atoms. The van der Waals surface area contributed by atoms with Crippen molar-refractivity contribution >= 4 is 11.6 Å². The van der Waals surface area contributed by atoms with Gasteiger partial charge in [-0.05, 0) is 31.9 Å². The summed E-state index contributed by atoms with van der Waals surface area (Å²) in [6, 6.07) is 5.33. The Bertz CT molecular complexity index is 412. The van der Waals surface area contributed by atoms with E-state index in [1.54, 1.807) is 18.2 Å². The highest BCUT2D eigenvalue weighted by Gasteiger charge is 2.23. The van der Waals surface area contributed by atoms with Gasteiger partial charge in [0, 0.05) is 13.1 Å². The third-order valence-corrected chi connectivity index (χ3v) is 2.96. The molecule has 1 heterocycles. The van der Waals surface area contributed by atoms with E-state index < -0.39 is 0 Å². The molecule has 0 aromatic heterocycles. The van der Waals surface area contributed by atoms with Crippen LogP contribution in [0.25, 0.3) is 0 Å². The zero-order valence-electron chi connectivity index (χ0n) is 10.1. The van der Waals surface area contributed by atoms with E-state index in [-0.39, 0.29) is 5.91 Å². The van der Waals surface area contributed by atoms with Crippen LogP contribution in [0.15, 0.2) is 18.2 Å². The monoisotopic (exact) mass is 234 g/mol. The first kappa shape index (κ1) is 11.8. The molecule has 4 heteroatoms. The van der Waals surface area contributed by atoms with E-state index in [4.69, 9.17) is 10.5 Å². The molecule has 0 unspecified atom stereocenters. The van der Waals surface area contributed by atoms with Gasteiger partial charge in [0.2, 0.25) is 0 Å². The summed E-state index contributed by atoms with van der Waals surface area (Å²) in [4.78, 5) is 14.1. The van der Waals surface area contributed by atoms with E-state index >= 15 is 0 Å². The molecule has 0 atom stereocenters. The Labute approximate surface area is 101 Å². The van der Waals surface area contributed by atoms with Crippen molar-refractivity contribution < 1.29 is 9.53 Å². The molecule has 1 aromatic rings. The summed E-state index contributed by atoms with van der Waals surface area (Å²) in [7, 11) is 0.